The molecule has 5 aliphatic heterocycles. The summed E-state index contributed by atoms with van der Waals surface area (Å²) >= 11 is 0. The number of anilines is 1. The maximum atomic E-state index is 16.0. The standard InChI is InChI=1S/C53H48N4O11/c1-64-49(60)38(50(61)65-2)15-9-10-32-16-22-40-39(28-32)53(52(63)54-40)43(48(59)56-26-24-55(25-27-56)30-33-17-23-41-42(29-33)67-31-66-41)45-51(62)68-46(35-13-7-4-8-14-35)44(34-11-5-3-6-12-34)57(45)47(53)36-18-20-37(58)21-19-36/h3-8,11-14,16-23,28-29,38,43-47,58H,15,24-27,30-31H2,1-2H3,(H,54,63)/t43-,44-,45-,46+,47+,53-/m0/s1. The van der Waals surface area contributed by atoms with Gasteiger partial charge < -0.3 is 39.0 Å². The van der Waals surface area contributed by atoms with E-state index in [4.69, 9.17) is 23.7 Å². The number of hydrogen-bond donors (Lipinski definition) is 2. The van der Waals surface area contributed by atoms with Crippen LogP contribution in [0.4, 0.5) is 5.69 Å². The Balaban J connectivity index is 1.12. The summed E-state index contributed by atoms with van der Waals surface area (Å²) in [6.45, 7) is 2.45. The molecule has 0 aliphatic carbocycles. The van der Waals surface area contributed by atoms with E-state index in [-0.39, 0.29) is 24.9 Å². The number of phenolic OH excluding ortho intramolecular Hbond substituents is 1. The molecule has 0 unspecified atom stereocenters. The molecule has 15 nitrogen and oxygen atoms in total. The molecule has 5 aromatic rings. The van der Waals surface area contributed by atoms with Crippen molar-refractivity contribution in [2.45, 2.75) is 42.6 Å². The lowest BCUT2D eigenvalue weighted by Crippen LogP contribution is -2.58. The lowest BCUT2D eigenvalue weighted by atomic mass is 9.65. The fourth-order valence-corrected chi connectivity index (χ4v) is 10.7. The lowest BCUT2D eigenvalue weighted by molar-refractivity contribution is -0.179. The van der Waals surface area contributed by atoms with Crippen molar-refractivity contribution >= 4 is 35.4 Å². The molecule has 5 heterocycles. The van der Waals surface area contributed by atoms with Gasteiger partial charge in [-0.1, -0.05) is 90.7 Å². The number of fused-ring (bicyclic) bond motifs is 4. The number of nitrogens with zero attached hydrogens (tertiary/aromatic N) is 3. The van der Waals surface area contributed by atoms with Gasteiger partial charge in [0.05, 0.1) is 32.2 Å². The Labute approximate surface area is 392 Å². The normalized spacial score (nSPS) is 23.8. The van der Waals surface area contributed by atoms with E-state index in [9.17, 15) is 14.7 Å². The summed E-state index contributed by atoms with van der Waals surface area (Å²) in [5.41, 5.74) is 2.65. The summed E-state index contributed by atoms with van der Waals surface area (Å²) in [6.07, 6.45) is -1.07. The number of aromatic hydroxyl groups is 1. The summed E-state index contributed by atoms with van der Waals surface area (Å²) in [6, 6.07) is 33.6. The Hall–Kier alpha value is -7.67. The van der Waals surface area contributed by atoms with Crippen LogP contribution < -0.4 is 14.8 Å². The maximum absolute atomic E-state index is 16.0. The van der Waals surface area contributed by atoms with Gasteiger partial charge in [-0.2, -0.15) is 0 Å². The van der Waals surface area contributed by atoms with Crippen molar-refractivity contribution in [2.75, 3.05) is 52.5 Å². The number of carbonyl (C=O) groups excluding carboxylic acids is 5. The molecule has 2 N–H and O–H groups in total. The molecule has 6 atom stereocenters. The van der Waals surface area contributed by atoms with Gasteiger partial charge in [0, 0.05) is 50.4 Å². The van der Waals surface area contributed by atoms with Gasteiger partial charge in [0.1, 0.15) is 23.3 Å². The number of hydrogen-bond acceptors (Lipinski definition) is 13. The van der Waals surface area contributed by atoms with Gasteiger partial charge in [0.2, 0.25) is 18.6 Å². The molecule has 1 spiro atoms. The molecule has 10 rings (SSSR count). The second-order valence-electron chi connectivity index (χ2n) is 17.5. The molecule has 15 heteroatoms. The summed E-state index contributed by atoms with van der Waals surface area (Å²) in [5.74, 6) is 1.65. The molecule has 0 bridgehead atoms. The number of nitrogens with one attached hydrogen (secondary N) is 1. The Bertz CT molecular complexity index is 2820. The van der Waals surface area contributed by atoms with Crippen LogP contribution in [0, 0.1) is 23.7 Å². The Kier molecular flexibility index (Phi) is 11.8. The third kappa shape index (κ3) is 7.65. The van der Waals surface area contributed by atoms with Crippen molar-refractivity contribution in [1.29, 1.82) is 0 Å². The third-order valence-electron chi connectivity index (χ3n) is 13.8. The summed E-state index contributed by atoms with van der Waals surface area (Å²) in [4.78, 5) is 77.9. The Morgan fingerprint density at radius 2 is 1.46 bits per heavy atom. The van der Waals surface area contributed by atoms with E-state index >= 15 is 14.4 Å². The molecule has 346 valence electrons. The number of ether oxygens (including phenoxy) is 5. The minimum Gasteiger partial charge on any atom is -0.508 e. The molecule has 2 amide bonds. The summed E-state index contributed by atoms with van der Waals surface area (Å²) in [5, 5.41) is 13.8. The Morgan fingerprint density at radius 1 is 0.779 bits per heavy atom. The van der Waals surface area contributed by atoms with Crippen LogP contribution >= 0.6 is 0 Å². The smallest absolute Gasteiger partial charge is 0.324 e. The molecule has 0 saturated carbocycles. The van der Waals surface area contributed by atoms with Crippen molar-refractivity contribution in [1.82, 2.24) is 14.7 Å². The SMILES string of the molecule is COC(=O)C(CC#Cc1ccc2c(c1)[C@]1(C(=O)N2)[C@H](C(=O)N2CCN(Cc3ccc4c(c3)OCO4)CC2)[C@H]2C(=O)O[C@H](c3ccccc3)[C@H](c3ccccc3)N2[C@@H]1c1ccc(O)cc1)C(=O)OC. The first-order valence-corrected chi connectivity index (χ1v) is 22.5. The number of piperazine rings is 1. The fourth-order valence-electron chi connectivity index (χ4n) is 10.7. The van der Waals surface area contributed by atoms with E-state index in [1.807, 2.05) is 83.8 Å². The molecular weight excluding hydrogens is 869 g/mol. The minimum absolute atomic E-state index is 0.00512. The highest BCUT2D eigenvalue weighted by Gasteiger charge is 2.74. The van der Waals surface area contributed by atoms with E-state index in [1.165, 1.54) is 26.4 Å². The minimum atomic E-state index is -1.78. The number of morpholine rings is 1. The number of cyclic esters (lactones) is 1. The monoisotopic (exact) mass is 916 g/mol. The van der Waals surface area contributed by atoms with Gasteiger partial charge in [-0.25, -0.2) is 0 Å². The molecular formula is C53H48N4O11. The highest BCUT2D eigenvalue weighted by Crippen LogP contribution is 2.65. The van der Waals surface area contributed by atoms with Crippen molar-refractivity contribution in [3.05, 3.63) is 155 Å². The quantitative estimate of drug-likeness (QED) is 0.0830. The van der Waals surface area contributed by atoms with Crippen LogP contribution in [0.25, 0.3) is 0 Å². The van der Waals surface area contributed by atoms with E-state index in [1.54, 1.807) is 35.2 Å². The van der Waals surface area contributed by atoms with Crippen LogP contribution in [0.5, 0.6) is 17.2 Å². The van der Waals surface area contributed by atoms with Crippen LogP contribution in [-0.4, -0.2) is 103 Å². The molecule has 5 aliphatic rings. The van der Waals surface area contributed by atoms with Crippen LogP contribution in [0.3, 0.4) is 0 Å². The van der Waals surface area contributed by atoms with E-state index < -0.39 is 65.3 Å². The molecule has 0 radical (unpaired) electrons. The summed E-state index contributed by atoms with van der Waals surface area (Å²) < 4.78 is 27.4. The van der Waals surface area contributed by atoms with Gasteiger partial charge in [-0.3, -0.25) is 33.8 Å². The molecule has 3 fully saturated rings. The number of phenols is 1. The second kappa shape index (κ2) is 18.2. The predicted octanol–water partition coefficient (Wildman–Crippen LogP) is 5.44. The topological polar surface area (TPSA) is 173 Å². The first kappa shape index (κ1) is 44.2. The average molecular weight is 917 g/mol. The highest BCUT2D eigenvalue weighted by molar-refractivity contribution is 6.12. The number of amides is 2. The van der Waals surface area contributed by atoms with Crippen molar-refractivity contribution < 1.29 is 52.8 Å². The van der Waals surface area contributed by atoms with E-state index in [0.717, 1.165) is 16.7 Å². The van der Waals surface area contributed by atoms with Crippen LogP contribution in [0.2, 0.25) is 0 Å². The molecule has 68 heavy (non-hydrogen) atoms. The van der Waals surface area contributed by atoms with E-state index in [0.29, 0.717) is 66.6 Å². The van der Waals surface area contributed by atoms with Crippen LogP contribution in [0.1, 0.15) is 58.0 Å². The largest absolute Gasteiger partial charge is 0.508 e. The molecule has 3 saturated heterocycles. The number of benzene rings is 5. The fraction of sp³-hybridized carbons (Fsp3) is 0.302. The van der Waals surface area contributed by atoms with Crippen molar-refractivity contribution in [3.63, 3.8) is 0 Å². The first-order valence-electron chi connectivity index (χ1n) is 22.5. The van der Waals surface area contributed by atoms with Gasteiger partial charge in [0.25, 0.3) is 0 Å². The van der Waals surface area contributed by atoms with Gasteiger partial charge >= 0.3 is 17.9 Å². The number of carbonyl (C=O) groups is 5. The van der Waals surface area contributed by atoms with Crippen LogP contribution in [-0.2, 0) is 50.1 Å². The predicted molar refractivity (Wildman–Crippen MR) is 245 cm³/mol. The zero-order valence-corrected chi connectivity index (χ0v) is 37.3. The molecule has 0 aromatic heterocycles. The number of rotatable bonds is 9. The van der Waals surface area contributed by atoms with Crippen LogP contribution in [0.15, 0.2) is 121 Å². The third-order valence-corrected chi connectivity index (χ3v) is 13.8. The summed E-state index contributed by atoms with van der Waals surface area (Å²) in [7, 11) is 2.35. The van der Waals surface area contributed by atoms with Gasteiger partial charge in [-0.05, 0) is 70.3 Å². The highest BCUT2D eigenvalue weighted by atomic mass is 16.7. The number of methoxy groups -OCH3 is 2. The second-order valence-corrected chi connectivity index (χ2v) is 17.5. The van der Waals surface area contributed by atoms with Gasteiger partial charge in [-0.15, -0.1) is 0 Å². The average Bonchev–Trinajstić information content (AvgIpc) is 4.05. The zero-order chi connectivity index (χ0) is 47.1. The molecule has 5 aromatic carbocycles. The zero-order valence-electron chi connectivity index (χ0n) is 37.3. The number of esters is 3. The Morgan fingerprint density at radius 3 is 2.15 bits per heavy atom. The van der Waals surface area contributed by atoms with Crippen molar-refractivity contribution in [3.8, 4) is 29.1 Å². The van der Waals surface area contributed by atoms with E-state index in [2.05, 4.69) is 22.1 Å². The van der Waals surface area contributed by atoms with Crippen molar-refractivity contribution in [2.24, 2.45) is 11.8 Å². The first-order chi connectivity index (χ1) is 33.1. The van der Waals surface area contributed by atoms with Gasteiger partial charge in [0.15, 0.2) is 17.4 Å². The maximum Gasteiger partial charge on any atom is 0.324 e. The lowest BCUT2D eigenvalue weighted by Gasteiger charge is -2.46.